The summed E-state index contributed by atoms with van der Waals surface area (Å²) < 4.78 is 5.41. The highest BCUT2D eigenvalue weighted by Crippen LogP contribution is 2.35. The first-order chi connectivity index (χ1) is 9.44. The molecule has 0 radical (unpaired) electrons. The number of nitrogens with one attached hydrogen (secondary N) is 1. The highest BCUT2D eigenvalue weighted by Gasteiger charge is 2.47. The summed E-state index contributed by atoms with van der Waals surface area (Å²) in [7, 11) is 2.15. The van der Waals surface area contributed by atoms with Crippen LogP contribution in [0.4, 0.5) is 0 Å². The predicted octanol–water partition coefficient (Wildman–Crippen LogP) is 1.47. The van der Waals surface area contributed by atoms with E-state index in [1.54, 1.807) is 0 Å². The maximum atomic E-state index is 11.7. The van der Waals surface area contributed by atoms with Crippen LogP contribution in [0.5, 0.6) is 0 Å². The molecule has 2 N–H and O–H groups in total. The van der Waals surface area contributed by atoms with Gasteiger partial charge in [-0.3, -0.25) is 10.1 Å². The number of carboxylic acids is 1. The Morgan fingerprint density at radius 1 is 1.30 bits per heavy atom. The Kier molecular flexibility index (Phi) is 5.04. The van der Waals surface area contributed by atoms with Gasteiger partial charge in [-0.1, -0.05) is 0 Å². The van der Waals surface area contributed by atoms with Crippen molar-refractivity contribution < 1.29 is 14.6 Å². The second kappa shape index (κ2) is 6.41. The van der Waals surface area contributed by atoms with Crippen LogP contribution in [0.25, 0.3) is 0 Å². The summed E-state index contributed by atoms with van der Waals surface area (Å²) in [5.74, 6) is -0.700. The Morgan fingerprint density at radius 3 is 2.50 bits per heavy atom. The zero-order valence-electron chi connectivity index (χ0n) is 12.9. The van der Waals surface area contributed by atoms with Crippen LogP contribution in [0, 0.1) is 0 Å². The zero-order valence-corrected chi connectivity index (χ0v) is 12.9. The molecule has 2 aliphatic rings. The third kappa shape index (κ3) is 3.32. The molecule has 0 aromatic rings. The standard InChI is InChI=1S/C15H28N2O3/c1-11(2)16-15(14(18)19)7-4-13(10-15)17(3)12-5-8-20-9-6-12/h11-13,16H,4-10H2,1-3H3,(H,18,19). The molecule has 0 aromatic carbocycles. The molecule has 1 aliphatic heterocycles. The van der Waals surface area contributed by atoms with Gasteiger partial charge in [-0.2, -0.15) is 0 Å². The lowest BCUT2D eigenvalue weighted by molar-refractivity contribution is -0.145. The zero-order chi connectivity index (χ0) is 14.8. The number of hydrogen-bond acceptors (Lipinski definition) is 4. The average Bonchev–Trinajstić information content (AvgIpc) is 2.83. The summed E-state index contributed by atoms with van der Waals surface area (Å²) in [6.07, 6.45) is 4.50. The van der Waals surface area contributed by atoms with Gasteiger partial charge >= 0.3 is 5.97 Å². The van der Waals surface area contributed by atoms with Crippen molar-refractivity contribution in [1.82, 2.24) is 10.2 Å². The lowest BCUT2D eigenvalue weighted by Crippen LogP contribution is -2.54. The maximum Gasteiger partial charge on any atom is 0.323 e. The van der Waals surface area contributed by atoms with Crippen molar-refractivity contribution in [2.45, 2.75) is 69.6 Å². The van der Waals surface area contributed by atoms with Gasteiger partial charge in [-0.15, -0.1) is 0 Å². The van der Waals surface area contributed by atoms with Gasteiger partial charge in [0.2, 0.25) is 0 Å². The summed E-state index contributed by atoms with van der Waals surface area (Å²) in [6, 6.07) is 1.09. The van der Waals surface area contributed by atoms with Crippen LogP contribution in [0.15, 0.2) is 0 Å². The predicted molar refractivity (Wildman–Crippen MR) is 77.9 cm³/mol. The van der Waals surface area contributed by atoms with Gasteiger partial charge in [-0.05, 0) is 53.0 Å². The monoisotopic (exact) mass is 284 g/mol. The highest BCUT2D eigenvalue weighted by atomic mass is 16.5. The van der Waals surface area contributed by atoms with E-state index in [1.165, 1.54) is 0 Å². The largest absolute Gasteiger partial charge is 0.480 e. The van der Waals surface area contributed by atoms with E-state index < -0.39 is 11.5 Å². The van der Waals surface area contributed by atoms with Gasteiger partial charge in [-0.25, -0.2) is 0 Å². The molecule has 116 valence electrons. The minimum Gasteiger partial charge on any atom is -0.480 e. The minimum atomic E-state index is -0.738. The smallest absolute Gasteiger partial charge is 0.323 e. The Balaban J connectivity index is 2.00. The fraction of sp³-hybridized carbons (Fsp3) is 0.933. The van der Waals surface area contributed by atoms with Gasteiger partial charge in [0.25, 0.3) is 0 Å². The molecular formula is C15H28N2O3. The summed E-state index contributed by atoms with van der Waals surface area (Å²) in [6.45, 7) is 5.69. The van der Waals surface area contributed by atoms with Crippen molar-refractivity contribution in [3.05, 3.63) is 0 Å². The van der Waals surface area contributed by atoms with Crippen molar-refractivity contribution in [3.63, 3.8) is 0 Å². The van der Waals surface area contributed by atoms with E-state index in [4.69, 9.17) is 4.74 Å². The Hall–Kier alpha value is -0.650. The summed E-state index contributed by atoms with van der Waals surface area (Å²) in [4.78, 5) is 14.1. The molecule has 5 nitrogen and oxygen atoms in total. The molecule has 2 atom stereocenters. The lowest BCUT2D eigenvalue weighted by atomic mass is 9.95. The first-order valence-electron chi connectivity index (χ1n) is 7.75. The van der Waals surface area contributed by atoms with Gasteiger partial charge in [0.05, 0.1) is 0 Å². The normalized spacial score (nSPS) is 32.1. The third-order valence-electron chi connectivity index (χ3n) is 4.81. The highest BCUT2D eigenvalue weighted by molar-refractivity contribution is 5.79. The molecule has 2 unspecified atom stereocenters. The number of aliphatic carboxylic acids is 1. The number of ether oxygens (including phenoxy) is 1. The minimum absolute atomic E-state index is 0.193. The van der Waals surface area contributed by atoms with E-state index in [0.717, 1.165) is 38.9 Å². The Bertz CT molecular complexity index is 342. The molecule has 0 aromatic heterocycles. The maximum absolute atomic E-state index is 11.7. The summed E-state index contributed by atoms with van der Waals surface area (Å²) in [5.41, 5.74) is -0.738. The first-order valence-corrected chi connectivity index (χ1v) is 7.75. The molecule has 5 heteroatoms. The average molecular weight is 284 g/mol. The second-order valence-electron chi connectivity index (χ2n) is 6.59. The number of carbonyl (C=O) groups is 1. The van der Waals surface area contributed by atoms with Crippen LogP contribution in [0.2, 0.25) is 0 Å². The molecular weight excluding hydrogens is 256 g/mol. The number of nitrogens with zero attached hydrogens (tertiary/aromatic N) is 1. The van der Waals surface area contributed by atoms with Crippen LogP contribution in [-0.2, 0) is 9.53 Å². The fourth-order valence-electron chi connectivity index (χ4n) is 3.70. The molecule has 1 saturated carbocycles. The molecule has 0 bridgehead atoms. The van der Waals surface area contributed by atoms with Crippen LogP contribution in [0.1, 0.15) is 46.0 Å². The second-order valence-corrected chi connectivity index (χ2v) is 6.59. The Labute approximate surface area is 121 Å². The van der Waals surface area contributed by atoms with Crippen molar-refractivity contribution in [3.8, 4) is 0 Å². The number of carboxylic acid groups (broad SMARTS) is 1. The van der Waals surface area contributed by atoms with E-state index >= 15 is 0 Å². The summed E-state index contributed by atoms with van der Waals surface area (Å²) in [5, 5.41) is 12.9. The van der Waals surface area contributed by atoms with Gasteiger partial charge in [0.1, 0.15) is 5.54 Å². The summed E-state index contributed by atoms with van der Waals surface area (Å²) >= 11 is 0. The van der Waals surface area contributed by atoms with E-state index in [9.17, 15) is 9.90 Å². The molecule has 1 heterocycles. The molecule has 0 spiro atoms. The molecule has 20 heavy (non-hydrogen) atoms. The quantitative estimate of drug-likeness (QED) is 0.800. The third-order valence-corrected chi connectivity index (χ3v) is 4.81. The number of hydrogen-bond donors (Lipinski definition) is 2. The topological polar surface area (TPSA) is 61.8 Å². The van der Waals surface area contributed by atoms with Gasteiger partial charge < -0.3 is 14.7 Å². The lowest BCUT2D eigenvalue weighted by Gasteiger charge is -2.36. The first kappa shape index (κ1) is 15.7. The van der Waals surface area contributed by atoms with E-state index in [0.29, 0.717) is 18.5 Å². The Morgan fingerprint density at radius 2 is 1.95 bits per heavy atom. The van der Waals surface area contributed by atoms with Crippen molar-refractivity contribution in [2.75, 3.05) is 20.3 Å². The molecule has 2 rings (SSSR count). The van der Waals surface area contributed by atoms with Gasteiger partial charge in [0.15, 0.2) is 0 Å². The van der Waals surface area contributed by atoms with E-state index in [1.807, 2.05) is 13.8 Å². The van der Waals surface area contributed by atoms with E-state index in [-0.39, 0.29) is 6.04 Å². The molecule has 1 saturated heterocycles. The van der Waals surface area contributed by atoms with Crippen molar-refractivity contribution >= 4 is 5.97 Å². The fourth-order valence-corrected chi connectivity index (χ4v) is 3.70. The van der Waals surface area contributed by atoms with Crippen molar-refractivity contribution in [1.29, 1.82) is 0 Å². The van der Waals surface area contributed by atoms with Crippen LogP contribution in [-0.4, -0.2) is 59.9 Å². The van der Waals surface area contributed by atoms with Gasteiger partial charge in [0, 0.05) is 31.3 Å². The van der Waals surface area contributed by atoms with E-state index in [2.05, 4.69) is 17.3 Å². The number of rotatable bonds is 5. The SMILES string of the molecule is CC(C)NC1(C(=O)O)CCC(N(C)C2CCOCC2)C1. The molecule has 2 fully saturated rings. The van der Waals surface area contributed by atoms with Crippen LogP contribution < -0.4 is 5.32 Å². The molecule has 1 aliphatic carbocycles. The van der Waals surface area contributed by atoms with Crippen molar-refractivity contribution in [2.24, 2.45) is 0 Å². The van der Waals surface area contributed by atoms with Crippen LogP contribution in [0.3, 0.4) is 0 Å². The molecule has 0 amide bonds. The van der Waals surface area contributed by atoms with Crippen LogP contribution >= 0.6 is 0 Å².